The molecule has 4 aromatic carbocycles. The minimum atomic E-state index is -0.108. The smallest absolute Gasteiger partial charge is 0.297 e. The summed E-state index contributed by atoms with van der Waals surface area (Å²) >= 11 is 0. The third-order valence-corrected chi connectivity index (χ3v) is 7.39. The van der Waals surface area contributed by atoms with Crippen molar-refractivity contribution in [3.8, 4) is 28.5 Å². The van der Waals surface area contributed by atoms with Gasteiger partial charge >= 0.3 is 0 Å². The predicted molar refractivity (Wildman–Crippen MR) is 167 cm³/mol. The largest absolute Gasteiger partial charge is 0.465 e. The number of hydrogen-bond acceptors (Lipinski definition) is 6. The molecule has 0 saturated heterocycles. The molecule has 1 amide bonds. The highest BCUT2D eigenvalue weighted by molar-refractivity contribution is 6.05. The molecule has 0 spiro atoms. The molecule has 2 aromatic heterocycles. The molecule has 216 valence electrons. The normalized spacial score (nSPS) is 11.1. The maximum atomic E-state index is 13.4. The van der Waals surface area contributed by atoms with Gasteiger partial charge in [-0.15, -0.1) is 10.2 Å². The molecule has 0 aliphatic rings. The molecule has 43 heavy (non-hydrogen) atoms. The van der Waals surface area contributed by atoms with Crippen LogP contribution in [0.4, 0.5) is 0 Å². The number of unbranched alkanes of at least 4 members (excludes halogenated alkanes) is 1. The van der Waals surface area contributed by atoms with Crippen LogP contribution in [0.25, 0.3) is 33.5 Å². The average molecular weight is 572 g/mol. The van der Waals surface area contributed by atoms with Crippen LogP contribution in [0.3, 0.4) is 0 Å². The van der Waals surface area contributed by atoms with E-state index in [4.69, 9.17) is 9.72 Å². The van der Waals surface area contributed by atoms with E-state index in [1.165, 1.54) is 5.56 Å². The molecule has 0 atom stereocenters. The Morgan fingerprint density at radius 1 is 0.860 bits per heavy atom. The molecule has 0 bridgehead atoms. The maximum absolute atomic E-state index is 13.4. The van der Waals surface area contributed by atoms with Gasteiger partial charge in [-0.05, 0) is 65.8 Å². The van der Waals surface area contributed by atoms with E-state index in [9.17, 15) is 4.79 Å². The molecule has 0 saturated carbocycles. The van der Waals surface area contributed by atoms with Gasteiger partial charge in [0.1, 0.15) is 0 Å². The molecule has 0 aliphatic carbocycles. The number of aryl methyl sites for hydroxylation is 1. The molecule has 0 fully saturated rings. The number of amides is 1. The molecule has 0 radical (unpaired) electrons. The monoisotopic (exact) mass is 571 g/mol. The van der Waals surface area contributed by atoms with Crippen LogP contribution >= 0.6 is 0 Å². The molecular formula is C34H33N7O2. The first kappa shape index (κ1) is 27.8. The number of imidazole rings is 1. The van der Waals surface area contributed by atoms with E-state index in [1.54, 1.807) is 0 Å². The minimum Gasteiger partial charge on any atom is -0.465 e. The topological polar surface area (TPSA) is 111 Å². The van der Waals surface area contributed by atoms with Crippen LogP contribution in [0, 0.1) is 0 Å². The Balaban J connectivity index is 1.21. The average Bonchev–Trinajstić information content (AvgIpc) is 3.71. The van der Waals surface area contributed by atoms with Gasteiger partial charge in [-0.3, -0.25) is 9.36 Å². The third kappa shape index (κ3) is 6.30. The SMILES string of the molecule is CCOc1nc2cccc(C(=O)NCCCCc3ccccc3)c2n1Cc1ccc(-c2ccccc2-c2nn[nH]n2)cc1. The first-order chi connectivity index (χ1) is 21.2. The molecular weight excluding hydrogens is 538 g/mol. The maximum Gasteiger partial charge on any atom is 0.297 e. The number of rotatable bonds is 12. The number of carbonyl (C=O) groups is 1. The molecule has 0 unspecified atom stereocenters. The highest BCUT2D eigenvalue weighted by Gasteiger charge is 2.19. The Hall–Kier alpha value is -5.31. The number of aromatic nitrogens is 6. The molecule has 2 N–H and O–H groups in total. The second-order valence-electron chi connectivity index (χ2n) is 10.3. The van der Waals surface area contributed by atoms with Crippen LogP contribution in [-0.2, 0) is 13.0 Å². The van der Waals surface area contributed by atoms with Crippen LogP contribution in [0.1, 0.15) is 41.3 Å². The van der Waals surface area contributed by atoms with Crippen molar-refractivity contribution in [1.29, 1.82) is 0 Å². The van der Waals surface area contributed by atoms with Crippen LogP contribution in [0.2, 0.25) is 0 Å². The van der Waals surface area contributed by atoms with E-state index in [-0.39, 0.29) is 5.91 Å². The van der Waals surface area contributed by atoms with Crippen molar-refractivity contribution in [3.05, 3.63) is 114 Å². The number of hydrogen-bond donors (Lipinski definition) is 2. The minimum absolute atomic E-state index is 0.108. The standard InChI is InChI=1S/C34H33N7O2/c1-2-43-34-36-30-17-10-16-29(33(42)35-22-9-8-13-24-11-4-3-5-12-24)31(30)41(34)23-25-18-20-26(21-19-25)27-14-6-7-15-28(27)32-37-39-40-38-32/h3-7,10-12,14-21H,2,8-9,13,22-23H2,1H3,(H,35,42)(H,37,38,39,40). The third-order valence-electron chi connectivity index (χ3n) is 7.39. The zero-order valence-electron chi connectivity index (χ0n) is 24.0. The number of tetrazole rings is 1. The van der Waals surface area contributed by atoms with Gasteiger partial charge in [0, 0.05) is 12.1 Å². The lowest BCUT2D eigenvalue weighted by Crippen LogP contribution is -2.25. The zero-order valence-corrected chi connectivity index (χ0v) is 24.0. The van der Waals surface area contributed by atoms with Crippen molar-refractivity contribution in [2.45, 2.75) is 32.7 Å². The summed E-state index contributed by atoms with van der Waals surface area (Å²) in [6.07, 6.45) is 2.91. The van der Waals surface area contributed by atoms with Crippen molar-refractivity contribution in [2.24, 2.45) is 0 Å². The Morgan fingerprint density at radius 2 is 1.65 bits per heavy atom. The summed E-state index contributed by atoms with van der Waals surface area (Å²) in [5.41, 5.74) is 7.40. The highest BCUT2D eigenvalue weighted by Crippen LogP contribution is 2.31. The second kappa shape index (κ2) is 13.1. The Morgan fingerprint density at radius 3 is 2.42 bits per heavy atom. The lowest BCUT2D eigenvalue weighted by atomic mass is 9.98. The van der Waals surface area contributed by atoms with E-state index in [0.717, 1.165) is 52.5 Å². The molecule has 6 rings (SSSR count). The van der Waals surface area contributed by atoms with Crippen molar-refractivity contribution in [1.82, 2.24) is 35.5 Å². The van der Waals surface area contributed by atoms with Crippen molar-refractivity contribution in [3.63, 3.8) is 0 Å². The van der Waals surface area contributed by atoms with E-state index in [1.807, 2.05) is 60.0 Å². The molecule has 0 aliphatic heterocycles. The highest BCUT2D eigenvalue weighted by atomic mass is 16.5. The summed E-state index contributed by atoms with van der Waals surface area (Å²) in [6, 6.07) is 32.9. The summed E-state index contributed by atoms with van der Waals surface area (Å²) in [6.45, 7) is 3.52. The van der Waals surface area contributed by atoms with Gasteiger partial charge in [0.2, 0.25) is 5.82 Å². The fourth-order valence-electron chi connectivity index (χ4n) is 5.31. The number of nitrogens with zero attached hydrogens (tertiary/aromatic N) is 5. The lowest BCUT2D eigenvalue weighted by Gasteiger charge is -2.13. The summed E-state index contributed by atoms with van der Waals surface area (Å²) in [5, 5.41) is 17.7. The lowest BCUT2D eigenvalue weighted by molar-refractivity contribution is 0.0954. The second-order valence-corrected chi connectivity index (χ2v) is 10.3. The van der Waals surface area contributed by atoms with Gasteiger partial charge in [0.05, 0.1) is 29.7 Å². The van der Waals surface area contributed by atoms with Gasteiger partial charge in [-0.1, -0.05) is 84.9 Å². The number of para-hydroxylation sites is 1. The van der Waals surface area contributed by atoms with E-state index in [2.05, 4.69) is 74.5 Å². The number of fused-ring (bicyclic) bond motifs is 1. The van der Waals surface area contributed by atoms with Crippen molar-refractivity contribution in [2.75, 3.05) is 13.2 Å². The number of aromatic amines is 1. The number of nitrogens with one attached hydrogen (secondary N) is 2. The molecule has 9 nitrogen and oxygen atoms in total. The van der Waals surface area contributed by atoms with Gasteiger partial charge in [-0.25, -0.2) is 0 Å². The first-order valence-electron chi connectivity index (χ1n) is 14.6. The van der Waals surface area contributed by atoms with E-state index in [0.29, 0.717) is 37.1 Å². The number of benzene rings is 4. The van der Waals surface area contributed by atoms with Crippen LogP contribution in [0.15, 0.2) is 97.1 Å². The number of carbonyl (C=O) groups excluding carboxylic acids is 1. The summed E-state index contributed by atoms with van der Waals surface area (Å²) < 4.78 is 7.92. The van der Waals surface area contributed by atoms with Gasteiger partial charge in [0.25, 0.3) is 11.9 Å². The fraction of sp³-hybridized carbons (Fsp3) is 0.206. The quantitative estimate of drug-likeness (QED) is 0.172. The van der Waals surface area contributed by atoms with Crippen LogP contribution in [0.5, 0.6) is 6.01 Å². The Kier molecular flexibility index (Phi) is 8.49. The Bertz CT molecular complexity index is 1800. The summed E-state index contributed by atoms with van der Waals surface area (Å²) in [4.78, 5) is 18.1. The van der Waals surface area contributed by atoms with Gasteiger partial charge in [-0.2, -0.15) is 10.2 Å². The number of ether oxygens (including phenoxy) is 1. The van der Waals surface area contributed by atoms with Crippen LogP contribution in [-0.4, -0.2) is 49.2 Å². The molecule has 6 aromatic rings. The summed E-state index contributed by atoms with van der Waals surface area (Å²) in [5.74, 6) is 0.441. The number of H-pyrrole nitrogens is 1. The van der Waals surface area contributed by atoms with Gasteiger partial charge < -0.3 is 10.1 Å². The zero-order chi connectivity index (χ0) is 29.4. The van der Waals surface area contributed by atoms with E-state index < -0.39 is 0 Å². The summed E-state index contributed by atoms with van der Waals surface area (Å²) in [7, 11) is 0. The van der Waals surface area contributed by atoms with Crippen molar-refractivity contribution < 1.29 is 9.53 Å². The van der Waals surface area contributed by atoms with Crippen LogP contribution < -0.4 is 10.1 Å². The molecule has 2 heterocycles. The molecule has 9 heteroatoms. The first-order valence-corrected chi connectivity index (χ1v) is 14.6. The van der Waals surface area contributed by atoms with Crippen molar-refractivity contribution >= 4 is 16.9 Å². The van der Waals surface area contributed by atoms with E-state index >= 15 is 0 Å². The predicted octanol–water partition coefficient (Wildman–Crippen LogP) is 6.08. The Labute approximate surface area is 249 Å². The van der Waals surface area contributed by atoms with Gasteiger partial charge in [0.15, 0.2) is 0 Å². The fourth-order valence-corrected chi connectivity index (χ4v) is 5.31.